The lowest BCUT2D eigenvalue weighted by Crippen LogP contribution is -2.36. The molecule has 0 atom stereocenters. The topological polar surface area (TPSA) is 59.1 Å². The van der Waals surface area contributed by atoms with Gasteiger partial charge in [-0.05, 0) is 17.7 Å². The SMILES string of the molecule is CN(C)S(=O)(=O)N(C)Cc1ccc2c(c1)OCO2. The maximum Gasteiger partial charge on any atom is 0.281 e. The number of hydrogen-bond donors (Lipinski definition) is 0. The molecule has 1 aliphatic heterocycles. The zero-order valence-corrected chi connectivity index (χ0v) is 11.4. The molecule has 7 heteroatoms. The molecule has 1 aromatic rings. The second-order valence-corrected chi connectivity index (χ2v) is 6.48. The highest BCUT2D eigenvalue weighted by Gasteiger charge is 2.21. The van der Waals surface area contributed by atoms with Crippen molar-refractivity contribution in [1.82, 2.24) is 8.61 Å². The lowest BCUT2D eigenvalue weighted by atomic mass is 10.2. The van der Waals surface area contributed by atoms with E-state index in [1.165, 1.54) is 22.7 Å². The third kappa shape index (κ3) is 2.43. The van der Waals surface area contributed by atoms with Crippen molar-refractivity contribution in [2.24, 2.45) is 0 Å². The fourth-order valence-corrected chi connectivity index (χ4v) is 2.53. The van der Waals surface area contributed by atoms with Gasteiger partial charge >= 0.3 is 0 Å². The van der Waals surface area contributed by atoms with Gasteiger partial charge in [0, 0.05) is 27.7 Å². The molecule has 0 saturated heterocycles. The smallest absolute Gasteiger partial charge is 0.281 e. The van der Waals surface area contributed by atoms with Crippen molar-refractivity contribution in [2.45, 2.75) is 6.54 Å². The van der Waals surface area contributed by atoms with Crippen molar-refractivity contribution in [1.29, 1.82) is 0 Å². The minimum Gasteiger partial charge on any atom is -0.454 e. The van der Waals surface area contributed by atoms with Crippen LogP contribution in [0, 0.1) is 0 Å². The van der Waals surface area contributed by atoms with Gasteiger partial charge in [0.15, 0.2) is 11.5 Å². The zero-order valence-electron chi connectivity index (χ0n) is 10.6. The van der Waals surface area contributed by atoms with E-state index in [9.17, 15) is 8.42 Å². The first-order chi connectivity index (χ1) is 8.41. The normalized spacial score (nSPS) is 14.5. The summed E-state index contributed by atoms with van der Waals surface area (Å²) in [5.41, 5.74) is 0.854. The summed E-state index contributed by atoms with van der Waals surface area (Å²) in [6.45, 7) is 0.502. The fraction of sp³-hybridized carbons (Fsp3) is 0.455. The summed E-state index contributed by atoms with van der Waals surface area (Å²) in [6, 6.07) is 5.41. The quantitative estimate of drug-likeness (QED) is 0.807. The Morgan fingerprint density at radius 2 is 1.83 bits per heavy atom. The molecule has 0 N–H and O–H groups in total. The second kappa shape index (κ2) is 4.75. The predicted molar refractivity (Wildman–Crippen MR) is 66.6 cm³/mol. The Hall–Kier alpha value is -1.31. The predicted octanol–water partition coefficient (Wildman–Crippen LogP) is 0.653. The fourth-order valence-electron chi connectivity index (χ4n) is 1.66. The Kier molecular flexibility index (Phi) is 3.47. The van der Waals surface area contributed by atoms with Gasteiger partial charge < -0.3 is 9.47 Å². The third-order valence-corrected chi connectivity index (χ3v) is 4.54. The molecule has 1 aromatic carbocycles. The number of nitrogens with zero attached hydrogens (tertiary/aromatic N) is 2. The van der Waals surface area contributed by atoms with Crippen LogP contribution in [0.15, 0.2) is 18.2 Å². The Balaban J connectivity index is 2.15. The summed E-state index contributed by atoms with van der Waals surface area (Å²) in [5, 5.41) is 0. The number of benzene rings is 1. The van der Waals surface area contributed by atoms with E-state index in [0.29, 0.717) is 11.5 Å². The summed E-state index contributed by atoms with van der Waals surface area (Å²) >= 11 is 0. The van der Waals surface area contributed by atoms with Crippen LogP contribution in [0.5, 0.6) is 11.5 Å². The molecule has 100 valence electrons. The molecule has 18 heavy (non-hydrogen) atoms. The van der Waals surface area contributed by atoms with Gasteiger partial charge in [-0.3, -0.25) is 0 Å². The van der Waals surface area contributed by atoms with Crippen molar-refractivity contribution in [3.8, 4) is 11.5 Å². The van der Waals surface area contributed by atoms with Crippen LogP contribution < -0.4 is 9.47 Å². The molecule has 0 saturated carbocycles. The molecular formula is C11H16N2O4S. The first-order valence-corrected chi connectivity index (χ1v) is 6.83. The van der Waals surface area contributed by atoms with Gasteiger partial charge in [-0.25, -0.2) is 0 Å². The van der Waals surface area contributed by atoms with Crippen molar-refractivity contribution in [3.05, 3.63) is 23.8 Å². The first kappa shape index (κ1) is 13.1. The Morgan fingerprint density at radius 1 is 1.17 bits per heavy atom. The summed E-state index contributed by atoms with van der Waals surface area (Å²) in [7, 11) is 1.16. The van der Waals surface area contributed by atoms with E-state index in [2.05, 4.69) is 0 Å². The molecule has 0 spiro atoms. The van der Waals surface area contributed by atoms with Crippen LogP contribution in [0.25, 0.3) is 0 Å². The van der Waals surface area contributed by atoms with Crippen LogP contribution in [0.1, 0.15) is 5.56 Å². The van der Waals surface area contributed by atoms with Crippen LogP contribution >= 0.6 is 0 Å². The van der Waals surface area contributed by atoms with Crippen LogP contribution in [-0.2, 0) is 16.8 Å². The molecule has 0 amide bonds. The molecule has 6 nitrogen and oxygen atoms in total. The summed E-state index contributed by atoms with van der Waals surface area (Å²) in [5.74, 6) is 1.35. The van der Waals surface area contributed by atoms with E-state index in [0.717, 1.165) is 5.56 Å². The minimum absolute atomic E-state index is 0.213. The summed E-state index contributed by atoms with van der Waals surface area (Å²) in [6.07, 6.45) is 0. The molecule has 0 radical (unpaired) electrons. The lowest BCUT2D eigenvalue weighted by molar-refractivity contribution is 0.174. The van der Waals surface area contributed by atoms with Gasteiger partial charge in [0.1, 0.15) is 0 Å². The monoisotopic (exact) mass is 272 g/mol. The van der Waals surface area contributed by atoms with Gasteiger partial charge in [-0.2, -0.15) is 17.0 Å². The largest absolute Gasteiger partial charge is 0.454 e. The Labute approximate surface area is 107 Å². The summed E-state index contributed by atoms with van der Waals surface area (Å²) < 4.78 is 36.6. The molecule has 1 aliphatic rings. The van der Waals surface area contributed by atoms with Gasteiger partial charge in [0.25, 0.3) is 10.2 Å². The van der Waals surface area contributed by atoms with Crippen molar-refractivity contribution >= 4 is 10.2 Å². The molecular weight excluding hydrogens is 256 g/mol. The van der Waals surface area contributed by atoms with Crippen LogP contribution in [0.3, 0.4) is 0 Å². The number of hydrogen-bond acceptors (Lipinski definition) is 4. The first-order valence-electron chi connectivity index (χ1n) is 5.43. The van der Waals surface area contributed by atoms with Crippen LogP contribution in [0.2, 0.25) is 0 Å². The molecule has 0 aliphatic carbocycles. The Morgan fingerprint density at radius 3 is 2.50 bits per heavy atom. The van der Waals surface area contributed by atoms with E-state index in [-0.39, 0.29) is 13.3 Å². The average molecular weight is 272 g/mol. The molecule has 0 aromatic heterocycles. The van der Waals surface area contributed by atoms with Crippen molar-refractivity contribution < 1.29 is 17.9 Å². The minimum atomic E-state index is -3.39. The molecule has 0 unspecified atom stereocenters. The average Bonchev–Trinajstić information content (AvgIpc) is 2.75. The maximum absolute atomic E-state index is 11.9. The highest BCUT2D eigenvalue weighted by molar-refractivity contribution is 7.86. The molecule has 0 fully saturated rings. The highest BCUT2D eigenvalue weighted by Crippen LogP contribution is 2.32. The second-order valence-electron chi connectivity index (χ2n) is 4.23. The van der Waals surface area contributed by atoms with Gasteiger partial charge in [0.05, 0.1) is 0 Å². The number of ether oxygens (including phenoxy) is 2. The summed E-state index contributed by atoms with van der Waals surface area (Å²) in [4.78, 5) is 0. The van der Waals surface area contributed by atoms with E-state index in [1.807, 2.05) is 6.07 Å². The Bertz CT molecular complexity index is 542. The third-order valence-electron chi connectivity index (χ3n) is 2.70. The van der Waals surface area contributed by atoms with Crippen LogP contribution in [-0.4, -0.2) is 45.0 Å². The van der Waals surface area contributed by atoms with Gasteiger partial charge in [0.2, 0.25) is 6.79 Å². The van der Waals surface area contributed by atoms with E-state index < -0.39 is 10.2 Å². The standard InChI is InChI=1S/C11H16N2O4S/c1-12(2)18(14,15)13(3)7-9-4-5-10-11(6-9)17-8-16-10/h4-6H,7-8H2,1-3H3. The van der Waals surface area contributed by atoms with E-state index >= 15 is 0 Å². The van der Waals surface area contributed by atoms with Crippen molar-refractivity contribution in [3.63, 3.8) is 0 Å². The van der Waals surface area contributed by atoms with E-state index in [1.54, 1.807) is 19.2 Å². The zero-order chi connectivity index (χ0) is 13.3. The van der Waals surface area contributed by atoms with Crippen molar-refractivity contribution in [2.75, 3.05) is 27.9 Å². The number of fused-ring (bicyclic) bond motifs is 1. The maximum atomic E-state index is 11.9. The number of rotatable bonds is 4. The molecule has 2 rings (SSSR count). The lowest BCUT2D eigenvalue weighted by Gasteiger charge is -2.21. The van der Waals surface area contributed by atoms with E-state index in [4.69, 9.17) is 9.47 Å². The van der Waals surface area contributed by atoms with Crippen LogP contribution in [0.4, 0.5) is 0 Å². The highest BCUT2D eigenvalue weighted by atomic mass is 32.2. The molecule has 0 bridgehead atoms. The van der Waals surface area contributed by atoms with Gasteiger partial charge in [-0.15, -0.1) is 0 Å². The van der Waals surface area contributed by atoms with Gasteiger partial charge in [-0.1, -0.05) is 6.07 Å². The molecule has 1 heterocycles.